The van der Waals surface area contributed by atoms with Crippen LogP contribution in [0.3, 0.4) is 0 Å². The Kier molecular flexibility index (Phi) is 6.66. The molecule has 8 heteroatoms. The predicted octanol–water partition coefficient (Wildman–Crippen LogP) is 5.03. The van der Waals surface area contributed by atoms with Crippen LogP contribution < -0.4 is 14.8 Å². The average molecular weight is 486 g/mol. The second-order valence-corrected chi connectivity index (χ2v) is 8.67. The van der Waals surface area contributed by atoms with Gasteiger partial charge in [0.15, 0.2) is 17.3 Å². The number of allylic oxidation sites excluding steroid dienone is 3. The van der Waals surface area contributed by atoms with Crippen LogP contribution in [0, 0.1) is 5.82 Å². The van der Waals surface area contributed by atoms with Gasteiger partial charge in [0.25, 0.3) is 0 Å². The van der Waals surface area contributed by atoms with E-state index in [-0.39, 0.29) is 34.3 Å². The number of methoxy groups -OCH3 is 3. The summed E-state index contributed by atoms with van der Waals surface area (Å²) in [5.41, 5.74) is 2.66. The Bertz CT molecular complexity index is 1220. The first-order valence-corrected chi connectivity index (χ1v) is 11.2. The lowest BCUT2D eigenvalue weighted by Crippen LogP contribution is -2.36. The first-order valence-electron chi connectivity index (χ1n) is 10.8. The molecule has 0 unspecified atom stereocenters. The monoisotopic (exact) mass is 485 g/mol. The molecule has 0 saturated carbocycles. The molecule has 1 aliphatic carbocycles. The van der Waals surface area contributed by atoms with Gasteiger partial charge in [0, 0.05) is 34.0 Å². The number of carbonyl (C=O) groups is 2. The fraction of sp³-hybridized carbons (Fsp3) is 0.308. The maximum absolute atomic E-state index is 15.0. The van der Waals surface area contributed by atoms with Crippen molar-refractivity contribution < 1.29 is 28.2 Å². The van der Waals surface area contributed by atoms with E-state index in [0.717, 1.165) is 5.56 Å². The van der Waals surface area contributed by atoms with E-state index in [9.17, 15) is 9.59 Å². The zero-order chi connectivity index (χ0) is 24.6. The van der Waals surface area contributed by atoms with E-state index in [4.69, 9.17) is 25.8 Å². The predicted molar refractivity (Wildman–Crippen MR) is 126 cm³/mol. The number of nitrogens with one attached hydrogen (secondary N) is 1. The summed E-state index contributed by atoms with van der Waals surface area (Å²) >= 11 is 6.39. The van der Waals surface area contributed by atoms with Crippen molar-refractivity contribution in [1.29, 1.82) is 0 Å². The van der Waals surface area contributed by atoms with Crippen molar-refractivity contribution in [2.24, 2.45) is 0 Å². The van der Waals surface area contributed by atoms with Gasteiger partial charge in [-0.3, -0.25) is 4.79 Å². The van der Waals surface area contributed by atoms with Gasteiger partial charge < -0.3 is 19.5 Å². The first-order chi connectivity index (χ1) is 16.3. The van der Waals surface area contributed by atoms with E-state index >= 15 is 4.39 Å². The molecule has 1 aliphatic heterocycles. The number of hydrogen-bond acceptors (Lipinski definition) is 6. The van der Waals surface area contributed by atoms with Gasteiger partial charge in [-0.05, 0) is 49.1 Å². The van der Waals surface area contributed by atoms with Crippen LogP contribution in [0.1, 0.15) is 42.7 Å². The van der Waals surface area contributed by atoms with E-state index in [1.165, 1.54) is 19.2 Å². The summed E-state index contributed by atoms with van der Waals surface area (Å²) in [5, 5.41) is 3.36. The third kappa shape index (κ3) is 4.05. The molecule has 4 rings (SSSR count). The standard InChI is InChI=1S/C26H25ClFNO5/c1-13-22(26(31)34-4)25(23-16(27)6-5-7-17(23)28)24-18(29-13)10-15(11-19(24)30)14-8-9-20(32-2)21(12-14)33-3/h5-9,12,15,25,29H,10-11H2,1-4H3/t15-,25-/m1/s1. The number of ketones is 1. The zero-order valence-corrected chi connectivity index (χ0v) is 20.1. The van der Waals surface area contributed by atoms with E-state index in [2.05, 4.69) is 5.32 Å². The van der Waals surface area contributed by atoms with E-state index < -0.39 is 17.7 Å². The van der Waals surface area contributed by atoms with Crippen molar-refractivity contribution in [3.8, 4) is 11.5 Å². The molecule has 0 saturated heterocycles. The van der Waals surface area contributed by atoms with Gasteiger partial charge in [0.1, 0.15) is 5.82 Å². The molecule has 2 aliphatic rings. The number of esters is 1. The van der Waals surface area contributed by atoms with Gasteiger partial charge in [0.05, 0.1) is 32.8 Å². The number of carbonyl (C=O) groups excluding carboxylic acids is 2. The molecule has 0 aromatic heterocycles. The molecule has 0 fully saturated rings. The fourth-order valence-corrected chi connectivity index (χ4v) is 5.11. The molecular formula is C26H25ClFNO5. The third-order valence-electron chi connectivity index (χ3n) is 6.40. The molecule has 0 radical (unpaired) electrons. The highest BCUT2D eigenvalue weighted by Crippen LogP contribution is 2.48. The van der Waals surface area contributed by atoms with Crippen molar-refractivity contribution in [3.63, 3.8) is 0 Å². The maximum Gasteiger partial charge on any atom is 0.336 e. The van der Waals surface area contributed by atoms with Crippen LogP contribution in [0.4, 0.5) is 4.39 Å². The molecule has 2 aromatic rings. The highest BCUT2D eigenvalue weighted by molar-refractivity contribution is 6.31. The van der Waals surface area contributed by atoms with E-state index in [1.54, 1.807) is 33.3 Å². The quantitative estimate of drug-likeness (QED) is 0.599. The fourth-order valence-electron chi connectivity index (χ4n) is 4.84. The molecule has 6 nitrogen and oxygen atoms in total. The molecule has 2 atom stereocenters. The normalized spacial score (nSPS) is 20.0. The number of ether oxygens (including phenoxy) is 3. The lowest BCUT2D eigenvalue weighted by molar-refractivity contribution is -0.136. The smallest absolute Gasteiger partial charge is 0.336 e. The first kappa shape index (κ1) is 23.8. The van der Waals surface area contributed by atoms with Crippen LogP contribution in [0.25, 0.3) is 0 Å². The Hall–Kier alpha value is -3.32. The molecule has 1 heterocycles. The lowest BCUT2D eigenvalue weighted by atomic mass is 9.71. The molecule has 1 N–H and O–H groups in total. The average Bonchev–Trinajstić information content (AvgIpc) is 2.82. The highest BCUT2D eigenvalue weighted by Gasteiger charge is 2.43. The van der Waals surface area contributed by atoms with Gasteiger partial charge in [0.2, 0.25) is 0 Å². The summed E-state index contributed by atoms with van der Waals surface area (Å²) < 4.78 is 30.8. The Balaban J connectivity index is 1.82. The number of Topliss-reactive ketones (excluding diaryl/α,β-unsaturated/α-hetero) is 1. The van der Waals surface area contributed by atoms with Crippen molar-refractivity contribution in [3.05, 3.63) is 80.9 Å². The highest BCUT2D eigenvalue weighted by atomic mass is 35.5. The minimum absolute atomic E-state index is 0.0934. The number of hydrogen-bond donors (Lipinski definition) is 1. The zero-order valence-electron chi connectivity index (χ0n) is 19.3. The largest absolute Gasteiger partial charge is 0.493 e. The second-order valence-electron chi connectivity index (χ2n) is 8.26. The van der Waals surface area contributed by atoms with Gasteiger partial charge in [-0.2, -0.15) is 0 Å². The van der Waals surface area contributed by atoms with Crippen LogP contribution in [0.5, 0.6) is 11.5 Å². The summed E-state index contributed by atoms with van der Waals surface area (Å²) in [6.07, 6.45) is 0.678. The van der Waals surface area contributed by atoms with E-state index in [0.29, 0.717) is 34.9 Å². The SMILES string of the molecule is COC(=O)C1=C(C)NC2=C(C(=O)C[C@H](c3ccc(OC)c(OC)c3)C2)[C@H]1c1c(F)cccc1Cl. The second kappa shape index (κ2) is 9.50. The summed E-state index contributed by atoms with van der Waals surface area (Å²) in [6.45, 7) is 1.71. The molecule has 2 aromatic carbocycles. The van der Waals surface area contributed by atoms with Crippen LogP contribution >= 0.6 is 11.6 Å². The Morgan fingerprint density at radius 1 is 1.09 bits per heavy atom. The maximum atomic E-state index is 15.0. The van der Waals surface area contributed by atoms with Crippen molar-refractivity contribution in [2.75, 3.05) is 21.3 Å². The lowest BCUT2D eigenvalue weighted by Gasteiger charge is -2.37. The Morgan fingerprint density at radius 2 is 1.82 bits per heavy atom. The van der Waals surface area contributed by atoms with Gasteiger partial charge in [-0.25, -0.2) is 9.18 Å². The molecule has 0 amide bonds. The molecule has 34 heavy (non-hydrogen) atoms. The van der Waals surface area contributed by atoms with Gasteiger partial charge >= 0.3 is 5.97 Å². The summed E-state index contributed by atoms with van der Waals surface area (Å²) in [7, 11) is 4.37. The summed E-state index contributed by atoms with van der Waals surface area (Å²) in [4.78, 5) is 26.3. The van der Waals surface area contributed by atoms with Crippen LogP contribution in [0.2, 0.25) is 5.02 Å². The Labute approximate surface area is 202 Å². The van der Waals surface area contributed by atoms with Crippen LogP contribution in [-0.2, 0) is 14.3 Å². The van der Waals surface area contributed by atoms with Crippen LogP contribution in [-0.4, -0.2) is 33.1 Å². The minimum Gasteiger partial charge on any atom is -0.493 e. The third-order valence-corrected chi connectivity index (χ3v) is 6.73. The summed E-state index contributed by atoms with van der Waals surface area (Å²) in [6, 6.07) is 9.88. The van der Waals surface area contributed by atoms with Crippen molar-refractivity contribution in [1.82, 2.24) is 5.32 Å². The molecule has 178 valence electrons. The van der Waals surface area contributed by atoms with Crippen LogP contribution in [0.15, 0.2) is 58.9 Å². The van der Waals surface area contributed by atoms with Gasteiger partial charge in [-0.15, -0.1) is 0 Å². The van der Waals surface area contributed by atoms with Crippen molar-refractivity contribution >= 4 is 23.4 Å². The van der Waals surface area contributed by atoms with Crippen molar-refractivity contribution in [2.45, 2.75) is 31.6 Å². The number of halogens is 2. The molecule has 0 bridgehead atoms. The number of rotatable bonds is 5. The van der Waals surface area contributed by atoms with Gasteiger partial charge in [-0.1, -0.05) is 23.7 Å². The molecular weight excluding hydrogens is 461 g/mol. The summed E-state index contributed by atoms with van der Waals surface area (Å²) in [5.74, 6) is -1.35. The van der Waals surface area contributed by atoms with E-state index in [1.807, 2.05) is 12.1 Å². The topological polar surface area (TPSA) is 73.9 Å². The number of dihydropyridines is 1. The minimum atomic E-state index is -0.962. The number of benzene rings is 2. The molecule has 0 spiro atoms. The Morgan fingerprint density at radius 3 is 2.47 bits per heavy atom.